The second-order valence-corrected chi connectivity index (χ2v) is 9.34. The quantitative estimate of drug-likeness (QED) is 0.257. The first-order valence-electron chi connectivity index (χ1n) is 11.8. The SMILES string of the molecule is Cc1cccc(C2=NN(c3nc(-c4ccccc4)c4cc(Cl)ccc4n3)[C@H](c3ccccc3F)C2)c1. The van der Waals surface area contributed by atoms with Crippen molar-refractivity contribution in [2.24, 2.45) is 5.10 Å². The lowest BCUT2D eigenvalue weighted by molar-refractivity contribution is 0.576. The number of aryl methyl sites for hydroxylation is 1. The third-order valence-corrected chi connectivity index (χ3v) is 6.66. The summed E-state index contributed by atoms with van der Waals surface area (Å²) in [4.78, 5) is 9.83. The summed E-state index contributed by atoms with van der Waals surface area (Å²) < 4.78 is 15.0. The van der Waals surface area contributed by atoms with E-state index in [9.17, 15) is 0 Å². The van der Waals surface area contributed by atoms with Gasteiger partial charge in [-0.25, -0.2) is 19.4 Å². The minimum Gasteiger partial charge on any atom is -0.223 e. The summed E-state index contributed by atoms with van der Waals surface area (Å²) in [6.07, 6.45) is 0.535. The molecule has 4 nitrogen and oxygen atoms in total. The molecular formula is C30H22ClFN4. The van der Waals surface area contributed by atoms with Gasteiger partial charge in [0, 0.05) is 28.0 Å². The van der Waals surface area contributed by atoms with Crippen molar-refractivity contribution in [2.45, 2.75) is 19.4 Å². The van der Waals surface area contributed by atoms with Crippen LogP contribution in [0.2, 0.25) is 5.02 Å². The van der Waals surface area contributed by atoms with E-state index in [1.807, 2.05) is 66.7 Å². The molecule has 5 aromatic rings. The Labute approximate surface area is 213 Å². The lowest BCUT2D eigenvalue weighted by Crippen LogP contribution is -2.22. The van der Waals surface area contributed by atoms with Crippen LogP contribution in [-0.4, -0.2) is 15.7 Å². The molecule has 176 valence electrons. The van der Waals surface area contributed by atoms with Crippen molar-refractivity contribution < 1.29 is 4.39 Å². The molecule has 4 aromatic carbocycles. The summed E-state index contributed by atoms with van der Waals surface area (Å²) in [5.74, 6) is 0.142. The van der Waals surface area contributed by atoms with Gasteiger partial charge in [-0.1, -0.05) is 90.0 Å². The molecule has 0 N–H and O–H groups in total. The lowest BCUT2D eigenvalue weighted by Gasteiger charge is -2.23. The molecule has 6 heteroatoms. The molecule has 1 aliphatic heterocycles. The monoisotopic (exact) mass is 492 g/mol. The number of rotatable bonds is 4. The first-order valence-corrected chi connectivity index (χ1v) is 12.2. The van der Waals surface area contributed by atoms with E-state index in [2.05, 4.69) is 19.1 Å². The van der Waals surface area contributed by atoms with E-state index in [0.29, 0.717) is 23.0 Å². The normalized spacial score (nSPS) is 15.4. The van der Waals surface area contributed by atoms with Crippen molar-refractivity contribution in [3.63, 3.8) is 0 Å². The maximum atomic E-state index is 15.0. The zero-order chi connectivity index (χ0) is 24.6. The summed E-state index contributed by atoms with van der Waals surface area (Å²) >= 11 is 6.34. The van der Waals surface area contributed by atoms with Crippen LogP contribution in [0.15, 0.2) is 102 Å². The highest BCUT2D eigenvalue weighted by Gasteiger charge is 2.33. The third-order valence-electron chi connectivity index (χ3n) is 6.42. The molecule has 0 bridgehead atoms. The minimum absolute atomic E-state index is 0.274. The number of benzene rings is 4. The fourth-order valence-electron chi connectivity index (χ4n) is 4.69. The van der Waals surface area contributed by atoms with Gasteiger partial charge in [0.15, 0.2) is 0 Å². The fraction of sp³-hybridized carbons (Fsp3) is 0.100. The highest BCUT2D eigenvalue weighted by Crippen LogP contribution is 2.38. The summed E-state index contributed by atoms with van der Waals surface area (Å²) in [5.41, 5.74) is 6.02. The molecule has 0 amide bonds. The van der Waals surface area contributed by atoms with Gasteiger partial charge >= 0.3 is 0 Å². The van der Waals surface area contributed by atoms with Crippen LogP contribution in [0.1, 0.15) is 29.2 Å². The molecule has 1 aromatic heterocycles. The van der Waals surface area contributed by atoms with Crippen LogP contribution in [0.4, 0.5) is 10.3 Å². The van der Waals surface area contributed by atoms with Crippen molar-refractivity contribution in [3.8, 4) is 11.3 Å². The molecule has 0 spiro atoms. The standard InChI is InChI=1S/C30H22ClFN4/c1-19-8-7-11-21(16-19)27-18-28(23-12-5-6-13-25(23)32)36(35-27)30-33-26-15-14-22(31)17-24(26)29(34-30)20-9-3-2-4-10-20/h2-17,28H,18H2,1H3/t28-/m0/s1. The molecule has 6 rings (SSSR count). The summed E-state index contributed by atoms with van der Waals surface area (Å²) in [6.45, 7) is 2.05. The van der Waals surface area contributed by atoms with E-state index in [1.165, 1.54) is 6.07 Å². The summed E-state index contributed by atoms with van der Waals surface area (Å²) in [5, 5.41) is 8.18. The number of hydrogen-bond acceptors (Lipinski definition) is 4. The zero-order valence-electron chi connectivity index (χ0n) is 19.6. The largest absolute Gasteiger partial charge is 0.247 e. The van der Waals surface area contributed by atoms with Gasteiger partial charge in [-0.3, -0.25) is 0 Å². The predicted molar refractivity (Wildman–Crippen MR) is 144 cm³/mol. The van der Waals surface area contributed by atoms with Gasteiger partial charge in [0.25, 0.3) is 0 Å². The number of nitrogens with zero attached hydrogens (tertiary/aromatic N) is 4. The Kier molecular flexibility index (Phi) is 5.70. The minimum atomic E-state index is -0.380. The average molecular weight is 493 g/mol. The van der Waals surface area contributed by atoms with Gasteiger partial charge in [0.05, 0.1) is 23.0 Å². The smallest absolute Gasteiger partial charge is 0.223 e. The van der Waals surface area contributed by atoms with Crippen molar-refractivity contribution in [3.05, 3.63) is 125 Å². The van der Waals surface area contributed by atoms with Crippen LogP contribution in [0.3, 0.4) is 0 Å². The van der Waals surface area contributed by atoms with Gasteiger partial charge in [-0.15, -0.1) is 0 Å². The molecule has 0 aliphatic carbocycles. The Morgan fingerprint density at radius 1 is 0.833 bits per heavy atom. The number of aromatic nitrogens is 2. The maximum absolute atomic E-state index is 15.0. The number of anilines is 1. The van der Waals surface area contributed by atoms with E-state index in [4.69, 9.17) is 26.7 Å². The highest BCUT2D eigenvalue weighted by molar-refractivity contribution is 6.31. The van der Waals surface area contributed by atoms with E-state index in [0.717, 1.165) is 39.0 Å². The topological polar surface area (TPSA) is 41.4 Å². The lowest BCUT2D eigenvalue weighted by atomic mass is 9.97. The van der Waals surface area contributed by atoms with E-state index < -0.39 is 0 Å². The van der Waals surface area contributed by atoms with Crippen LogP contribution < -0.4 is 5.01 Å². The Hall–Kier alpha value is -4.09. The Morgan fingerprint density at radius 3 is 2.42 bits per heavy atom. The van der Waals surface area contributed by atoms with E-state index in [1.54, 1.807) is 17.1 Å². The maximum Gasteiger partial charge on any atom is 0.247 e. The van der Waals surface area contributed by atoms with Crippen LogP contribution in [0, 0.1) is 12.7 Å². The fourth-order valence-corrected chi connectivity index (χ4v) is 4.86. The molecule has 0 radical (unpaired) electrons. The second kappa shape index (κ2) is 9.17. The summed E-state index contributed by atoms with van der Waals surface area (Å²) in [6, 6.07) is 30.1. The van der Waals surface area contributed by atoms with Gasteiger partial charge in [0.1, 0.15) is 5.82 Å². The molecule has 0 saturated carbocycles. The van der Waals surface area contributed by atoms with E-state index >= 15 is 4.39 Å². The van der Waals surface area contributed by atoms with Crippen LogP contribution >= 0.6 is 11.6 Å². The first kappa shape index (κ1) is 22.4. The second-order valence-electron chi connectivity index (χ2n) is 8.90. The molecule has 0 unspecified atom stereocenters. The third kappa shape index (κ3) is 4.12. The number of hydrazone groups is 1. The number of fused-ring (bicyclic) bond motifs is 1. The van der Waals surface area contributed by atoms with Gasteiger partial charge in [-0.2, -0.15) is 5.10 Å². The van der Waals surface area contributed by atoms with Gasteiger partial charge in [0.2, 0.25) is 5.95 Å². The number of halogens is 2. The van der Waals surface area contributed by atoms with Crippen LogP contribution in [0.25, 0.3) is 22.2 Å². The van der Waals surface area contributed by atoms with Crippen molar-refractivity contribution in [2.75, 3.05) is 5.01 Å². The zero-order valence-corrected chi connectivity index (χ0v) is 20.3. The van der Waals surface area contributed by atoms with Gasteiger partial charge in [-0.05, 0) is 36.8 Å². The first-order chi connectivity index (χ1) is 17.6. The predicted octanol–water partition coefficient (Wildman–Crippen LogP) is 7.75. The van der Waals surface area contributed by atoms with Crippen molar-refractivity contribution >= 4 is 34.2 Å². The van der Waals surface area contributed by atoms with Crippen LogP contribution in [-0.2, 0) is 0 Å². The summed E-state index contributed by atoms with van der Waals surface area (Å²) in [7, 11) is 0. The highest BCUT2D eigenvalue weighted by atomic mass is 35.5. The van der Waals surface area contributed by atoms with Crippen LogP contribution in [0.5, 0.6) is 0 Å². The molecule has 1 atom stereocenters. The molecular weight excluding hydrogens is 471 g/mol. The molecule has 36 heavy (non-hydrogen) atoms. The molecule has 0 fully saturated rings. The van der Waals surface area contributed by atoms with Crippen molar-refractivity contribution in [1.82, 2.24) is 9.97 Å². The van der Waals surface area contributed by atoms with Crippen molar-refractivity contribution in [1.29, 1.82) is 0 Å². The van der Waals surface area contributed by atoms with E-state index in [-0.39, 0.29) is 11.9 Å². The molecule has 0 saturated heterocycles. The average Bonchev–Trinajstić information content (AvgIpc) is 3.34. The Bertz CT molecular complexity index is 1620. The number of hydrogen-bond donors (Lipinski definition) is 0. The Balaban J connectivity index is 1.56. The molecule has 2 heterocycles. The van der Waals surface area contributed by atoms with Gasteiger partial charge < -0.3 is 0 Å². The molecule has 1 aliphatic rings. The Morgan fingerprint density at radius 2 is 1.61 bits per heavy atom.